The molecule has 0 heterocycles. The average molecular weight is 162 g/mol. The van der Waals surface area contributed by atoms with Crippen molar-refractivity contribution in [3.8, 4) is 0 Å². The van der Waals surface area contributed by atoms with Crippen molar-refractivity contribution in [1.82, 2.24) is 0 Å². The molecule has 1 spiro atoms. The van der Waals surface area contributed by atoms with Gasteiger partial charge in [-0.2, -0.15) is 0 Å². The topological polar surface area (TPSA) is 0 Å². The van der Waals surface area contributed by atoms with E-state index in [2.05, 4.69) is 27.4 Å². The fraction of sp³-hybridized carbons (Fsp3) is 0.833. The van der Waals surface area contributed by atoms with Gasteiger partial charge in [0, 0.05) is 5.41 Å². The van der Waals surface area contributed by atoms with Gasteiger partial charge in [-0.15, -0.1) is 0 Å². The van der Waals surface area contributed by atoms with Crippen molar-refractivity contribution >= 4 is 0 Å². The highest BCUT2D eigenvalue weighted by atomic mass is 14.9. The van der Waals surface area contributed by atoms with Crippen LogP contribution in [0.4, 0.5) is 0 Å². The first kappa shape index (κ1) is 7.17. The van der Waals surface area contributed by atoms with E-state index in [0.717, 1.165) is 5.92 Å². The Morgan fingerprint density at radius 2 is 2.00 bits per heavy atom. The summed E-state index contributed by atoms with van der Waals surface area (Å²) < 4.78 is 0. The van der Waals surface area contributed by atoms with Crippen molar-refractivity contribution in [2.75, 3.05) is 0 Å². The van der Waals surface area contributed by atoms with Crippen LogP contribution in [-0.4, -0.2) is 0 Å². The molecule has 0 saturated heterocycles. The van der Waals surface area contributed by atoms with Crippen LogP contribution >= 0.6 is 0 Å². The van der Waals surface area contributed by atoms with E-state index in [1.54, 1.807) is 5.57 Å². The summed E-state index contributed by atoms with van der Waals surface area (Å²) >= 11 is 0. The second-order valence-corrected chi connectivity index (χ2v) is 5.76. The molecule has 0 nitrogen and oxygen atoms in total. The predicted molar refractivity (Wildman–Crippen MR) is 50.8 cm³/mol. The Labute approximate surface area is 75.0 Å². The first-order valence-corrected chi connectivity index (χ1v) is 5.17. The first-order valence-electron chi connectivity index (χ1n) is 5.17. The van der Waals surface area contributed by atoms with Crippen LogP contribution in [0.1, 0.15) is 40.0 Å². The quantitative estimate of drug-likeness (QED) is 0.479. The van der Waals surface area contributed by atoms with Gasteiger partial charge >= 0.3 is 0 Å². The van der Waals surface area contributed by atoms with Gasteiger partial charge in [0.15, 0.2) is 0 Å². The van der Waals surface area contributed by atoms with Crippen LogP contribution in [0.25, 0.3) is 0 Å². The van der Waals surface area contributed by atoms with E-state index in [0.29, 0.717) is 16.2 Å². The predicted octanol–water partition coefficient (Wildman–Crippen LogP) is 3.39. The minimum absolute atomic E-state index is 0.517. The monoisotopic (exact) mass is 162 g/mol. The van der Waals surface area contributed by atoms with Crippen LogP contribution in [0.15, 0.2) is 12.2 Å². The van der Waals surface area contributed by atoms with Gasteiger partial charge in [-0.05, 0) is 36.0 Å². The second-order valence-electron chi connectivity index (χ2n) is 5.76. The molecule has 0 aromatic carbocycles. The molecule has 0 N–H and O–H groups in total. The molecule has 3 aliphatic carbocycles. The summed E-state index contributed by atoms with van der Waals surface area (Å²) in [4.78, 5) is 0. The molecule has 12 heavy (non-hydrogen) atoms. The average Bonchev–Trinajstić information content (AvgIpc) is 2.30. The van der Waals surface area contributed by atoms with Crippen molar-refractivity contribution in [2.45, 2.75) is 40.0 Å². The zero-order valence-corrected chi connectivity index (χ0v) is 8.41. The van der Waals surface area contributed by atoms with Gasteiger partial charge in [0.1, 0.15) is 0 Å². The summed E-state index contributed by atoms with van der Waals surface area (Å²) in [6.07, 6.45) is 4.28. The van der Waals surface area contributed by atoms with Crippen molar-refractivity contribution < 1.29 is 0 Å². The molecule has 0 aromatic rings. The zero-order valence-electron chi connectivity index (χ0n) is 8.41. The normalized spacial score (nSPS) is 58.9. The summed E-state index contributed by atoms with van der Waals surface area (Å²) in [6.45, 7) is 11.6. The van der Waals surface area contributed by atoms with Crippen LogP contribution in [0.5, 0.6) is 0 Å². The summed E-state index contributed by atoms with van der Waals surface area (Å²) in [6, 6.07) is 0. The van der Waals surface area contributed by atoms with E-state index < -0.39 is 0 Å². The highest BCUT2D eigenvalue weighted by Crippen LogP contribution is 2.93. The van der Waals surface area contributed by atoms with Gasteiger partial charge in [-0.1, -0.05) is 32.9 Å². The van der Waals surface area contributed by atoms with Crippen LogP contribution in [-0.2, 0) is 0 Å². The Morgan fingerprint density at radius 1 is 1.33 bits per heavy atom. The molecule has 3 atom stereocenters. The van der Waals surface area contributed by atoms with Crippen LogP contribution in [0.3, 0.4) is 0 Å². The van der Waals surface area contributed by atoms with Crippen molar-refractivity contribution in [2.24, 2.45) is 22.2 Å². The Hall–Kier alpha value is -0.260. The molecule has 3 fully saturated rings. The lowest BCUT2D eigenvalue weighted by atomic mass is 9.66. The zero-order chi connectivity index (χ0) is 8.78. The third-order valence-electron chi connectivity index (χ3n) is 5.98. The van der Waals surface area contributed by atoms with Crippen molar-refractivity contribution in [3.63, 3.8) is 0 Å². The SMILES string of the molecule is C=C1CC2CCC23C(C)(C)C13C. The first-order chi connectivity index (χ1) is 5.48. The van der Waals surface area contributed by atoms with E-state index in [-0.39, 0.29) is 0 Å². The number of hydrogen-bond donors (Lipinski definition) is 0. The van der Waals surface area contributed by atoms with E-state index in [9.17, 15) is 0 Å². The van der Waals surface area contributed by atoms with E-state index >= 15 is 0 Å². The van der Waals surface area contributed by atoms with Gasteiger partial charge < -0.3 is 0 Å². The molecule has 0 amide bonds. The third-order valence-corrected chi connectivity index (χ3v) is 5.98. The minimum atomic E-state index is 0.517. The maximum atomic E-state index is 4.28. The maximum Gasteiger partial charge on any atom is 0.000242 e. The van der Waals surface area contributed by atoms with E-state index in [4.69, 9.17) is 0 Å². The molecular weight excluding hydrogens is 144 g/mol. The summed E-state index contributed by atoms with van der Waals surface area (Å²) in [7, 11) is 0. The van der Waals surface area contributed by atoms with E-state index in [1.807, 2.05) is 0 Å². The maximum absolute atomic E-state index is 4.28. The molecule has 66 valence electrons. The van der Waals surface area contributed by atoms with Gasteiger partial charge in [0.25, 0.3) is 0 Å². The molecule has 0 radical (unpaired) electrons. The highest BCUT2D eigenvalue weighted by Gasteiger charge is 2.87. The second kappa shape index (κ2) is 1.42. The lowest BCUT2D eigenvalue weighted by molar-refractivity contribution is 0.112. The van der Waals surface area contributed by atoms with Crippen molar-refractivity contribution in [3.05, 3.63) is 12.2 Å². The standard InChI is InChI=1S/C12H18/c1-8-7-9-5-6-12(9)10(2,3)11(8,12)4/h9H,1,5-7H2,2-4H3. The van der Waals surface area contributed by atoms with Crippen LogP contribution in [0, 0.1) is 22.2 Å². The molecule has 0 bridgehead atoms. The van der Waals surface area contributed by atoms with Gasteiger partial charge in [-0.3, -0.25) is 0 Å². The lowest BCUT2D eigenvalue weighted by Crippen LogP contribution is -2.30. The van der Waals surface area contributed by atoms with Gasteiger partial charge in [0.2, 0.25) is 0 Å². The molecule has 0 heteroatoms. The number of rotatable bonds is 0. The minimum Gasteiger partial charge on any atom is -0.0993 e. The Bertz CT molecular complexity index is 286. The Balaban J connectivity index is 2.17. The molecule has 3 saturated carbocycles. The molecule has 3 unspecified atom stereocenters. The lowest BCUT2D eigenvalue weighted by Gasteiger charge is -2.38. The molecule has 0 aromatic heterocycles. The van der Waals surface area contributed by atoms with Gasteiger partial charge in [-0.25, -0.2) is 0 Å². The van der Waals surface area contributed by atoms with Crippen LogP contribution in [0.2, 0.25) is 0 Å². The van der Waals surface area contributed by atoms with E-state index in [1.165, 1.54) is 19.3 Å². The largest absolute Gasteiger partial charge is 0.0993 e. The molecule has 0 aliphatic heterocycles. The molecule has 3 rings (SSSR count). The van der Waals surface area contributed by atoms with Crippen molar-refractivity contribution in [1.29, 1.82) is 0 Å². The summed E-state index contributed by atoms with van der Waals surface area (Å²) in [5, 5.41) is 0. The fourth-order valence-corrected chi connectivity index (χ4v) is 4.89. The van der Waals surface area contributed by atoms with Gasteiger partial charge in [0.05, 0.1) is 0 Å². The molecule has 3 aliphatic rings. The smallest absolute Gasteiger partial charge is 0.000242 e. The number of hydrogen-bond acceptors (Lipinski definition) is 0. The summed E-state index contributed by atoms with van der Waals surface area (Å²) in [5.74, 6) is 1.00. The summed E-state index contributed by atoms with van der Waals surface area (Å²) in [5.41, 5.74) is 3.34. The highest BCUT2D eigenvalue weighted by molar-refractivity contribution is 5.46. The molecular formula is C12H18. The van der Waals surface area contributed by atoms with Crippen LogP contribution < -0.4 is 0 Å². The Kier molecular flexibility index (Phi) is 0.852. The fourth-order valence-electron chi connectivity index (χ4n) is 4.89. The number of allylic oxidation sites excluding steroid dienone is 1. The third kappa shape index (κ3) is 0.341. The Morgan fingerprint density at radius 3 is 2.25 bits per heavy atom.